The van der Waals surface area contributed by atoms with Gasteiger partial charge in [0.25, 0.3) is 5.56 Å². The zero-order chi connectivity index (χ0) is 22.2. The minimum atomic E-state index is -0.822. The van der Waals surface area contributed by atoms with Crippen molar-refractivity contribution in [2.45, 2.75) is 26.4 Å². The number of nitrogens with one attached hydrogen (secondary N) is 1. The molecule has 0 unspecified atom stereocenters. The standard InChI is InChI=1S/C23H27FN4O3/c1-23(2,13-27-9-7-16(24)12-27)14-31-17-5-6-19-15(10-17)11-20(26-19)18-4-3-8-28(21(18)29)22(25)30/h3-6,8,10-11,16,26H,7,9,12-14H2,1-2H3,(H2,25,30)/t16-/m0/s1. The number of hydrogen-bond acceptors (Lipinski definition) is 4. The molecule has 1 atom stereocenters. The summed E-state index contributed by atoms with van der Waals surface area (Å²) in [5.41, 5.74) is 6.47. The van der Waals surface area contributed by atoms with Gasteiger partial charge < -0.3 is 15.5 Å². The quantitative estimate of drug-likeness (QED) is 0.632. The maximum absolute atomic E-state index is 13.4. The van der Waals surface area contributed by atoms with E-state index in [-0.39, 0.29) is 5.41 Å². The van der Waals surface area contributed by atoms with Gasteiger partial charge in [-0.2, -0.15) is 0 Å². The van der Waals surface area contributed by atoms with Gasteiger partial charge in [-0.3, -0.25) is 9.69 Å². The lowest BCUT2D eigenvalue weighted by Gasteiger charge is -2.29. The van der Waals surface area contributed by atoms with Crippen molar-refractivity contribution in [3.05, 3.63) is 52.9 Å². The van der Waals surface area contributed by atoms with Crippen LogP contribution in [-0.4, -0.2) is 52.9 Å². The van der Waals surface area contributed by atoms with Crippen LogP contribution in [-0.2, 0) is 0 Å². The van der Waals surface area contributed by atoms with E-state index in [1.54, 1.807) is 12.1 Å². The number of fused-ring (bicyclic) bond motifs is 1. The highest BCUT2D eigenvalue weighted by atomic mass is 19.1. The van der Waals surface area contributed by atoms with Crippen LogP contribution in [0.25, 0.3) is 22.2 Å². The van der Waals surface area contributed by atoms with Crippen LogP contribution in [0, 0.1) is 5.41 Å². The number of ether oxygens (including phenoxy) is 1. The zero-order valence-electron chi connectivity index (χ0n) is 17.7. The summed E-state index contributed by atoms with van der Waals surface area (Å²) in [6.45, 7) is 6.81. The molecule has 0 saturated carbocycles. The second-order valence-electron chi connectivity index (χ2n) is 8.94. The van der Waals surface area contributed by atoms with E-state index >= 15 is 0 Å². The smallest absolute Gasteiger partial charge is 0.325 e. The van der Waals surface area contributed by atoms with Gasteiger partial charge >= 0.3 is 6.03 Å². The Morgan fingerprint density at radius 2 is 2.13 bits per heavy atom. The average Bonchev–Trinajstić information content (AvgIpc) is 3.31. The van der Waals surface area contributed by atoms with Crippen molar-refractivity contribution in [1.29, 1.82) is 0 Å². The first-order valence-corrected chi connectivity index (χ1v) is 10.4. The molecular weight excluding hydrogens is 399 g/mol. The van der Waals surface area contributed by atoms with E-state index in [0.29, 0.717) is 30.8 Å². The van der Waals surface area contributed by atoms with Crippen molar-refractivity contribution >= 4 is 16.9 Å². The normalized spacial score (nSPS) is 17.3. The van der Waals surface area contributed by atoms with Gasteiger partial charge in [0.1, 0.15) is 11.9 Å². The maximum atomic E-state index is 13.4. The number of hydrogen-bond donors (Lipinski definition) is 2. The summed E-state index contributed by atoms with van der Waals surface area (Å²) in [5, 5.41) is 0.888. The lowest BCUT2D eigenvalue weighted by molar-refractivity contribution is 0.125. The van der Waals surface area contributed by atoms with Crippen molar-refractivity contribution in [2.24, 2.45) is 11.1 Å². The molecule has 3 N–H and O–H groups in total. The number of alkyl halides is 1. The fraction of sp³-hybridized carbons (Fsp3) is 0.391. The molecule has 1 aromatic carbocycles. The molecule has 2 aromatic heterocycles. The third-order valence-corrected chi connectivity index (χ3v) is 5.56. The summed E-state index contributed by atoms with van der Waals surface area (Å²) in [6.07, 6.45) is 1.23. The molecule has 1 aliphatic heterocycles. The molecule has 1 amide bonds. The molecule has 3 heterocycles. The SMILES string of the molecule is CC(C)(COc1ccc2[nH]c(-c3cccn(C(N)=O)c3=O)cc2c1)CN1CC[C@H](F)C1. The number of primary amides is 1. The van der Waals surface area contributed by atoms with E-state index in [9.17, 15) is 14.0 Å². The van der Waals surface area contributed by atoms with Crippen LogP contribution < -0.4 is 16.0 Å². The van der Waals surface area contributed by atoms with Crippen molar-refractivity contribution in [3.8, 4) is 17.0 Å². The third-order valence-electron chi connectivity index (χ3n) is 5.56. The Labute approximate surface area is 179 Å². The summed E-state index contributed by atoms with van der Waals surface area (Å²) < 4.78 is 20.4. The van der Waals surface area contributed by atoms with Crippen LogP contribution >= 0.6 is 0 Å². The fourth-order valence-electron chi connectivity index (χ4n) is 4.08. The molecule has 1 saturated heterocycles. The number of aromatic nitrogens is 2. The van der Waals surface area contributed by atoms with E-state index in [0.717, 1.165) is 34.3 Å². The molecule has 0 bridgehead atoms. The minimum absolute atomic E-state index is 0.119. The predicted octanol–water partition coefficient (Wildman–Crippen LogP) is 3.37. The minimum Gasteiger partial charge on any atom is -0.493 e. The summed E-state index contributed by atoms with van der Waals surface area (Å²) in [4.78, 5) is 29.3. The number of carbonyl (C=O) groups is 1. The molecule has 8 heteroatoms. The van der Waals surface area contributed by atoms with Crippen LogP contribution in [0.2, 0.25) is 0 Å². The molecule has 0 aliphatic carbocycles. The number of pyridine rings is 1. The first kappa shape index (κ1) is 21.1. The highest BCUT2D eigenvalue weighted by Crippen LogP contribution is 2.28. The topological polar surface area (TPSA) is 93.3 Å². The molecule has 31 heavy (non-hydrogen) atoms. The van der Waals surface area contributed by atoms with E-state index in [1.807, 2.05) is 24.3 Å². The van der Waals surface area contributed by atoms with Gasteiger partial charge in [-0.05, 0) is 42.8 Å². The first-order chi connectivity index (χ1) is 14.7. The van der Waals surface area contributed by atoms with Gasteiger partial charge in [0.05, 0.1) is 17.9 Å². The average molecular weight is 426 g/mol. The first-order valence-electron chi connectivity index (χ1n) is 10.4. The third kappa shape index (κ3) is 4.64. The number of rotatable bonds is 6. The highest BCUT2D eigenvalue weighted by Gasteiger charge is 2.28. The number of carbonyl (C=O) groups excluding carboxylic acids is 1. The van der Waals surface area contributed by atoms with Gasteiger partial charge in [0.15, 0.2) is 0 Å². The number of amides is 1. The Kier molecular flexibility index (Phi) is 5.58. The number of halogens is 1. The Morgan fingerprint density at radius 1 is 1.32 bits per heavy atom. The number of likely N-dealkylation sites (tertiary alicyclic amines) is 1. The number of nitrogens with zero attached hydrogens (tertiary/aromatic N) is 2. The molecule has 4 rings (SSSR count). The van der Waals surface area contributed by atoms with Crippen LogP contribution in [0.1, 0.15) is 20.3 Å². The molecule has 0 radical (unpaired) electrons. The molecule has 164 valence electrons. The van der Waals surface area contributed by atoms with Gasteiger partial charge in [-0.15, -0.1) is 0 Å². The molecule has 1 fully saturated rings. The number of aromatic amines is 1. The highest BCUT2D eigenvalue weighted by molar-refractivity contribution is 5.87. The number of benzene rings is 1. The van der Waals surface area contributed by atoms with Crippen molar-refractivity contribution in [1.82, 2.24) is 14.5 Å². The predicted molar refractivity (Wildman–Crippen MR) is 118 cm³/mol. The van der Waals surface area contributed by atoms with Gasteiger partial charge in [0.2, 0.25) is 0 Å². The second-order valence-corrected chi connectivity index (χ2v) is 8.94. The van der Waals surface area contributed by atoms with Crippen molar-refractivity contribution < 1.29 is 13.9 Å². The Morgan fingerprint density at radius 3 is 2.84 bits per heavy atom. The Balaban J connectivity index is 1.50. The van der Waals surface area contributed by atoms with E-state index in [1.165, 1.54) is 6.20 Å². The fourth-order valence-corrected chi connectivity index (χ4v) is 4.08. The number of nitrogens with two attached hydrogens (primary N) is 1. The lowest BCUT2D eigenvalue weighted by atomic mass is 9.94. The monoisotopic (exact) mass is 426 g/mol. The summed E-state index contributed by atoms with van der Waals surface area (Å²) in [5.74, 6) is 0.721. The zero-order valence-corrected chi connectivity index (χ0v) is 17.7. The van der Waals surface area contributed by atoms with E-state index in [2.05, 4.69) is 23.7 Å². The molecular formula is C23H27FN4O3. The summed E-state index contributed by atoms with van der Waals surface area (Å²) >= 11 is 0. The largest absolute Gasteiger partial charge is 0.493 e. The van der Waals surface area contributed by atoms with Crippen molar-refractivity contribution in [3.63, 3.8) is 0 Å². The molecule has 7 nitrogen and oxygen atoms in total. The van der Waals surface area contributed by atoms with Gasteiger partial charge in [-0.1, -0.05) is 13.8 Å². The maximum Gasteiger partial charge on any atom is 0.325 e. The molecule has 1 aliphatic rings. The van der Waals surface area contributed by atoms with E-state index < -0.39 is 17.8 Å². The van der Waals surface area contributed by atoms with Crippen molar-refractivity contribution in [2.75, 3.05) is 26.2 Å². The summed E-state index contributed by atoms with van der Waals surface area (Å²) in [6, 6.07) is 9.96. The molecule has 0 spiro atoms. The number of H-pyrrole nitrogens is 1. The van der Waals surface area contributed by atoms with Gasteiger partial charge in [-0.25, -0.2) is 13.8 Å². The summed E-state index contributed by atoms with van der Waals surface area (Å²) in [7, 11) is 0. The van der Waals surface area contributed by atoms with Crippen LogP contribution in [0.15, 0.2) is 47.4 Å². The Bertz CT molecular complexity index is 1170. The lowest BCUT2D eigenvalue weighted by Crippen LogP contribution is -2.36. The van der Waals surface area contributed by atoms with Crippen LogP contribution in [0.5, 0.6) is 5.75 Å². The molecule has 3 aromatic rings. The van der Waals surface area contributed by atoms with Crippen LogP contribution in [0.3, 0.4) is 0 Å². The Hall–Kier alpha value is -3.13. The van der Waals surface area contributed by atoms with Crippen LogP contribution in [0.4, 0.5) is 9.18 Å². The van der Waals surface area contributed by atoms with Gasteiger partial charge in [0, 0.05) is 42.1 Å². The second kappa shape index (κ2) is 8.19. The van der Waals surface area contributed by atoms with E-state index in [4.69, 9.17) is 10.5 Å².